The normalized spacial score (nSPS) is 17.1. The number of rotatable bonds is 8. The summed E-state index contributed by atoms with van der Waals surface area (Å²) in [5.41, 5.74) is 1.02. The van der Waals surface area contributed by atoms with E-state index in [1.807, 2.05) is 64.3 Å². The maximum absolute atomic E-state index is 14.7. The molecule has 0 aliphatic carbocycles. The average molecular weight is 1370 g/mol. The summed E-state index contributed by atoms with van der Waals surface area (Å²) >= 11 is 4.06. The Balaban J connectivity index is 0.000000165. The van der Waals surface area contributed by atoms with Crippen LogP contribution in [0.15, 0.2) is 99.5 Å². The zero-order valence-electron chi connectivity index (χ0n) is 44.5. The van der Waals surface area contributed by atoms with Crippen molar-refractivity contribution in [1.82, 2.24) is 46.0 Å². The van der Waals surface area contributed by atoms with Crippen molar-refractivity contribution in [3.8, 4) is 23.8 Å². The number of nitrogens with one attached hydrogen (secondary N) is 6. The summed E-state index contributed by atoms with van der Waals surface area (Å²) in [6.07, 6.45) is 11.6. The largest absolute Gasteiger partial charge is 0.494 e. The van der Waals surface area contributed by atoms with Crippen LogP contribution in [0.2, 0.25) is 0 Å². The molecule has 430 valence electrons. The van der Waals surface area contributed by atoms with Crippen LogP contribution in [0.4, 0.5) is 24.1 Å². The molecule has 7 N–H and O–H groups in total. The van der Waals surface area contributed by atoms with E-state index in [1.165, 1.54) is 60.5 Å². The lowest BCUT2D eigenvalue weighted by Crippen LogP contribution is -2.54. The molecule has 4 aliphatic rings. The predicted molar refractivity (Wildman–Crippen MR) is 305 cm³/mol. The molecule has 0 radical (unpaired) electrons. The molecule has 2 atom stereocenters. The van der Waals surface area contributed by atoms with Crippen molar-refractivity contribution in [3.63, 3.8) is 0 Å². The fourth-order valence-electron chi connectivity index (χ4n) is 8.62. The summed E-state index contributed by atoms with van der Waals surface area (Å²) in [5.74, 6) is -1.83. The number of ether oxygens (including phenoxy) is 2. The van der Waals surface area contributed by atoms with Crippen LogP contribution in [0.3, 0.4) is 0 Å². The second kappa shape index (κ2) is 25.2. The standard InChI is InChI=1S/C21H17FN4O5.C15H12FN3O4.C6H5I2NO.C6H7N2O3.C6H7NO/c1-10-5-14-12(7-23-10)6-15(31-14)21(19(28)24-20(29)25-21)9-26-8-11-3-4-13(30-2)17(22)16(11)18(26)27;1-3-15(13(21)17-14(22)18-15)7-19-6-8-4-5-9(23-2)11(16)10(8)12(19)20;1-3-5(8)6(10)4(7)2-9-3;1-5-4-6(8(10)11)2-3-7(5)9;1-5-4-6(8)2-3-7-5/h3-7H,8-9H2,1-2H3,(H2,24,25,28,29);1,4-5H,6-7H2,2H3,(H2,17,18,21,22);2H,1H3,(H,9,10);2-4,9H,1H3;2-4H,1H3,(H,7,8)/q;;;+1;/t21-;15-;;;/m01.../s1. The number of pyridine rings is 4. The zero-order valence-corrected chi connectivity index (χ0v) is 48.8. The second-order valence-electron chi connectivity index (χ2n) is 18.5. The van der Waals surface area contributed by atoms with Crippen LogP contribution in [0.1, 0.15) is 60.4 Å². The highest BCUT2D eigenvalue weighted by molar-refractivity contribution is 14.1. The van der Waals surface area contributed by atoms with Crippen LogP contribution in [0, 0.1) is 68.9 Å². The molecule has 8 amide bonds. The van der Waals surface area contributed by atoms with E-state index in [1.54, 1.807) is 62.8 Å². The van der Waals surface area contributed by atoms with E-state index in [0.717, 1.165) is 29.0 Å². The molecule has 7 aromatic rings. The summed E-state index contributed by atoms with van der Waals surface area (Å²) in [6, 6.07) is 13.5. The number of halogens is 4. The number of imide groups is 2. The monoisotopic (exact) mass is 1370 g/mol. The van der Waals surface area contributed by atoms with Gasteiger partial charge in [-0.3, -0.25) is 59.7 Å². The zero-order chi connectivity index (χ0) is 60.8. The van der Waals surface area contributed by atoms with E-state index in [4.69, 9.17) is 25.5 Å². The van der Waals surface area contributed by atoms with Crippen molar-refractivity contribution in [1.29, 1.82) is 0 Å². The first-order valence-corrected chi connectivity index (χ1v) is 26.4. The highest BCUT2D eigenvalue weighted by Crippen LogP contribution is 2.37. The lowest BCUT2D eigenvalue weighted by atomic mass is 9.95. The number of aromatic nitrogens is 4. The Labute approximate surface area is 495 Å². The van der Waals surface area contributed by atoms with Gasteiger partial charge in [-0.15, -0.1) is 6.42 Å². The van der Waals surface area contributed by atoms with Gasteiger partial charge in [-0.2, -0.15) is 0 Å². The molecule has 0 unspecified atom stereocenters. The maximum Gasteiger partial charge on any atom is 0.323 e. The Kier molecular flexibility index (Phi) is 18.6. The van der Waals surface area contributed by atoms with Crippen molar-refractivity contribution < 1.29 is 66.3 Å². The summed E-state index contributed by atoms with van der Waals surface area (Å²) in [5, 5.41) is 28.9. The number of carbonyl (C=O) groups excluding carboxylic acids is 6. The van der Waals surface area contributed by atoms with Crippen molar-refractivity contribution in [2.24, 2.45) is 0 Å². The highest BCUT2D eigenvalue weighted by atomic mass is 127. The first-order chi connectivity index (χ1) is 39.3. The molecule has 11 rings (SSSR count). The molecule has 2 saturated heterocycles. The van der Waals surface area contributed by atoms with Gasteiger partial charge < -0.3 is 44.3 Å². The number of benzene rings is 2. The highest BCUT2D eigenvalue weighted by Gasteiger charge is 2.53. The summed E-state index contributed by atoms with van der Waals surface area (Å²) < 4.78 is 47.0. The van der Waals surface area contributed by atoms with E-state index in [2.05, 4.69) is 36.8 Å². The number of aryl methyl sites for hydroxylation is 4. The molecule has 2 fully saturated rings. The molecular weight excluding hydrogens is 1320 g/mol. The third-order valence-corrected chi connectivity index (χ3v) is 15.0. The number of nitro groups is 1. The average Bonchev–Trinajstić information content (AvgIpc) is 3.12. The molecule has 0 spiro atoms. The molecule has 9 heterocycles. The summed E-state index contributed by atoms with van der Waals surface area (Å²) in [4.78, 5) is 117. The van der Waals surface area contributed by atoms with Gasteiger partial charge >= 0.3 is 12.1 Å². The van der Waals surface area contributed by atoms with E-state index in [0.29, 0.717) is 27.8 Å². The molecular formula is C54H48F2I2N11O14+. The summed E-state index contributed by atoms with van der Waals surface area (Å²) in [7, 11) is 2.61. The number of H-pyrrole nitrogens is 2. The Hall–Kier alpha value is -9.32. The molecule has 0 bridgehead atoms. The fourth-order valence-corrected chi connectivity index (χ4v) is 10.0. The number of methoxy groups -OCH3 is 2. The van der Waals surface area contributed by atoms with Crippen LogP contribution in [-0.4, -0.2) is 103 Å². The van der Waals surface area contributed by atoms with Gasteiger partial charge in [0.2, 0.25) is 17.3 Å². The van der Waals surface area contributed by atoms with Crippen LogP contribution in [0.25, 0.3) is 11.0 Å². The quantitative estimate of drug-likeness (QED) is 0.0201. The molecule has 25 nitrogen and oxygen atoms in total. The fraction of sp³-hybridized carbons (Fsp3) is 0.222. The first-order valence-electron chi connectivity index (χ1n) is 24.2. The summed E-state index contributed by atoms with van der Waals surface area (Å²) in [6.45, 7) is 6.77. The minimum Gasteiger partial charge on any atom is -0.494 e. The van der Waals surface area contributed by atoms with Gasteiger partial charge in [-0.05, 0) is 95.3 Å². The van der Waals surface area contributed by atoms with Crippen molar-refractivity contribution in [2.45, 2.75) is 51.9 Å². The first kappa shape index (κ1) is 61.3. The number of carbonyl (C=O) groups is 6. The molecule has 2 aromatic carbocycles. The van der Waals surface area contributed by atoms with E-state index in [9.17, 15) is 57.3 Å². The number of terminal acetylenes is 1. The molecule has 29 heteroatoms. The lowest BCUT2D eigenvalue weighted by molar-refractivity contribution is -0.908. The van der Waals surface area contributed by atoms with E-state index >= 15 is 0 Å². The lowest BCUT2D eigenvalue weighted by Gasteiger charge is -2.29. The van der Waals surface area contributed by atoms with Crippen LogP contribution in [0.5, 0.6) is 11.5 Å². The van der Waals surface area contributed by atoms with Gasteiger partial charge in [-0.25, -0.2) is 18.4 Å². The molecule has 83 heavy (non-hydrogen) atoms. The van der Waals surface area contributed by atoms with Crippen molar-refractivity contribution in [3.05, 3.63) is 186 Å². The Morgan fingerprint density at radius 1 is 0.819 bits per heavy atom. The number of furan rings is 1. The van der Waals surface area contributed by atoms with Crippen LogP contribution in [-0.2, 0) is 28.2 Å². The van der Waals surface area contributed by atoms with E-state index < -0.39 is 63.3 Å². The smallest absolute Gasteiger partial charge is 0.323 e. The third kappa shape index (κ3) is 13.1. The predicted octanol–water partition coefficient (Wildman–Crippen LogP) is 4.98. The minimum atomic E-state index is -1.66. The van der Waals surface area contributed by atoms with Crippen molar-refractivity contribution >= 4 is 97.5 Å². The van der Waals surface area contributed by atoms with Gasteiger partial charge in [0.25, 0.3) is 29.3 Å². The van der Waals surface area contributed by atoms with Gasteiger partial charge in [0.15, 0.2) is 39.6 Å². The molecule has 0 saturated carbocycles. The van der Waals surface area contributed by atoms with Gasteiger partial charge in [0.05, 0.1) is 62.6 Å². The number of hydrogen-bond acceptors (Lipinski definition) is 15. The molecule has 4 aliphatic heterocycles. The van der Waals surface area contributed by atoms with Crippen LogP contribution >= 0.6 is 45.2 Å². The molecule has 5 aromatic heterocycles. The van der Waals surface area contributed by atoms with Crippen LogP contribution < -0.4 is 46.3 Å². The Morgan fingerprint density at radius 2 is 1.41 bits per heavy atom. The topological polar surface area (TPSA) is 334 Å². The Bertz CT molecular complexity index is 3980. The van der Waals surface area contributed by atoms with E-state index in [-0.39, 0.29) is 71.1 Å². The van der Waals surface area contributed by atoms with Gasteiger partial charge in [0, 0.05) is 84.0 Å². The van der Waals surface area contributed by atoms with Crippen molar-refractivity contribution in [2.75, 3.05) is 27.3 Å². The number of fused-ring (bicyclic) bond motifs is 3. The number of hydrogen-bond donors (Lipinski definition) is 7. The number of amides is 8. The Morgan fingerprint density at radius 3 is 1.89 bits per heavy atom. The number of nitrogens with zero attached hydrogens (tertiary/aromatic N) is 5. The number of aromatic amines is 2. The van der Waals surface area contributed by atoms with Gasteiger partial charge in [0.1, 0.15) is 11.3 Å². The third-order valence-electron chi connectivity index (χ3n) is 12.9. The maximum atomic E-state index is 14.7. The second-order valence-corrected chi connectivity index (χ2v) is 20.8. The SMILES string of the molecule is C#C[C@]1(CN2Cc3ccc(OC)c(F)c3C2=O)NC(=O)NC1=O.COc1ccc2c(c1F)C(=O)N(C[C@@]1(c3cc4cnc(C)cc4o3)NC(=O)NC1=O)C2.Cc1[nH]cc(I)c(=O)c1I.Cc1cc(=O)cc[nH]1.Cc1cc([N+](=O)[O-])cc[n+]1O. The van der Waals surface area contributed by atoms with Gasteiger partial charge in [-0.1, -0.05) is 18.1 Å². The minimum absolute atomic E-state index is 0.0206. The number of urea groups is 2.